The third kappa shape index (κ3) is 2.23. The fourth-order valence-corrected chi connectivity index (χ4v) is 1.40. The third-order valence-electron chi connectivity index (χ3n) is 2.66. The number of benzene rings is 1. The summed E-state index contributed by atoms with van der Waals surface area (Å²) in [5.74, 6) is 0.0561. The summed E-state index contributed by atoms with van der Waals surface area (Å²) in [6, 6.07) is 8.36. The maximum absolute atomic E-state index is 11.9. The zero-order valence-corrected chi connectivity index (χ0v) is 10.0. The lowest BCUT2D eigenvalue weighted by Crippen LogP contribution is -2.11. The number of anilines is 1. The lowest BCUT2D eigenvalue weighted by atomic mass is 10.1. The molecule has 5 heteroatoms. The van der Waals surface area contributed by atoms with Gasteiger partial charge < -0.3 is 4.52 Å². The van der Waals surface area contributed by atoms with Gasteiger partial charge in [-0.15, -0.1) is 0 Å². The van der Waals surface area contributed by atoms with Crippen LogP contribution in [-0.2, 0) is 0 Å². The summed E-state index contributed by atoms with van der Waals surface area (Å²) in [6.45, 7) is 3.62. The van der Waals surface area contributed by atoms with Crippen LogP contribution in [0.3, 0.4) is 0 Å². The number of nitrogens with one attached hydrogen (secondary N) is 1. The van der Waals surface area contributed by atoms with E-state index in [1.807, 2.05) is 13.0 Å². The zero-order valence-electron chi connectivity index (χ0n) is 10.0. The Hall–Kier alpha value is -2.61. The van der Waals surface area contributed by atoms with Gasteiger partial charge in [0.15, 0.2) is 0 Å². The number of rotatable bonds is 2. The molecule has 1 N–H and O–H groups in total. The molecule has 90 valence electrons. The molecule has 0 aliphatic rings. The number of carbonyl (C=O) groups excluding carboxylic acids is 1. The Kier molecular flexibility index (Phi) is 3.11. The standard InChI is InChI=1S/C13H11N3O2/c1-8-9(2)16-18-13(8)15-12(17)11-5-3-10(7-14)4-6-11/h3-6H,1-2H3,(H,15,17). The summed E-state index contributed by atoms with van der Waals surface area (Å²) in [6.07, 6.45) is 0. The summed E-state index contributed by atoms with van der Waals surface area (Å²) in [5.41, 5.74) is 2.52. The fraction of sp³-hybridized carbons (Fsp3) is 0.154. The van der Waals surface area contributed by atoms with Gasteiger partial charge in [-0.05, 0) is 38.1 Å². The molecule has 5 nitrogen and oxygen atoms in total. The average molecular weight is 241 g/mol. The van der Waals surface area contributed by atoms with E-state index in [0.29, 0.717) is 17.0 Å². The minimum Gasteiger partial charge on any atom is -0.338 e. The van der Waals surface area contributed by atoms with Crippen molar-refractivity contribution in [1.29, 1.82) is 5.26 Å². The largest absolute Gasteiger partial charge is 0.338 e. The molecule has 2 aromatic rings. The van der Waals surface area contributed by atoms with Crippen molar-refractivity contribution in [3.8, 4) is 6.07 Å². The lowest BCUT2D eigenvalue weighted by Gasteiger charge is -2.02. The topological polar surface area (TPSA) is 78.9 Å². The maximum atomic E-state index is 11.9. The normalized spacial score (nSPS) is 9.83. The van der Waals surface area contributed by atoms with Crippen molar-refractivity contribution < 1.29 is 9.32 Å². The number of aryl methyl sites for hydroxylation is 1. The van der Waals surface area contributed by atoms with Crippen LogP contribution in [0.2, 0.25) is 0 Å². The Balaban J connectivity index is 2.17. The van der Waals surface area contributed by atoms with Crippen molar-refractivity contribution in [2.75, 3.05) is 5.32 Å². The molecule has 0 unspecified atom stereocenters. The van der Waals surface area contributed by atoms with Crippen LogP contribution in [0.15, 0.2) is 28.8 Å². The van der Waals surface area contributed by atoms with E-state index in [-0.39, 0.29) is 5.91 Å². The molecule has 0 aliphatic heterocycles. The molecule has 1 aromatic heterocycles. The van der Waals surface area contributed by atoms with Gasteiger partial charge >= 0.3 is 0 Å². The molecule has 0 spiro atoms. The number of amides is 1. The smallest absolute Gasteiger partial charge is 0.258 e. The number of nitrogens with zero attached hydrogens (tertiary/aromatic N) is 2. The van der Waals surface area contributed by atoms with E-state index in [4.69, 9.17) is 9.78 Å². The minimum atomic E-state index is -0.293. The molecular formula is C13H11N3O2. The fourth-order valence-electron chi connectivity index (χ4n) is 1.40. The van der Waals surface area contributed by atoms with Crippen LogP contribution in [-0.4, -0.2) is 11.1 Å². The second-order valence-electron chi connectivity index (χ2n) is 3.87. The van der Waals surface area contributed by atoms with Crippen LogP contribution in [0.4, 0.5) is 5.88 Å². The number of carbonyl (C=O) groups is 1. The van der Waals surface area contributed by atoms with Gasteiger partial charge in [0.1, 0.15) is 0 Å². The quantitative estimate of drug-likeness (QED) is 0.875. The van der Waals surface area contributed by atoms with Gasteiger partial charge in [-0.3, -0.25) is 10.1 Å². The van der Waals surface area contributed by atoms with Crippen molar-refractivity contribution in [2.24, 2.45) is 0 Å². The highest BCUT2D eigenvalue weighted by molar-refractivity contribution is 6.03. The molecule has 0 aliphatic carbocycles. The monoisotopic (exact) mass is 241 g/mol. The Morgan fingerprint density at radius 2 is 2.00 bits per heavy atom. The van der Waals surface area contributed by atoms with Gasteiger partial charge in [0.25, 0.3) is 5.91 Å². The van der Waals surface area contributed by atoms with E-state index >= 15 is 0 Å². The van der Waals surface area contributed by atoms with Crippen molar-refractivity contribution in [1.82, 2.24) is 5.16 Å². The first-order valence-electron chi connectivity index (χ1n) is 5.36. The predicted octanol–water partition coefficient (Wildman–Crippen LogP) is 2.42. The minimum absolute atomic E-state index is 0.293. The van der Waals surface area contributed by atoms with Gasteiger partial charge in [-0.2, -0.15) is 5.26 Å². The van der Waals surface area contributed by atoms with E-state index < -0.39 is 0 Å². The second-order valence-corrected chi connectivity index (χ2v) is 3.87. The summed E-state index contributed by atoms with van der Waals surface area (Å²) >= 11 is 0. The van der Waals surface area contributed by atoms with Crippen LogP contribution < -0.4 is 5.32 Å². The second kappa shape index (κ2) is 4.72. The Morgan fingerprint density at radius 1 is 1.33 bits per heavy atom. The maximum Gasteiger partial charge on any atom is 0.258 e. The number of hydrogen-bond donors (Lipinski definition) is 1. The van der Waals surface area contributed by atoms with E-state index in [2.05, 4.69) is 10.5 Å². The first kappa shape index (κ1) is 11.9. The Labute approximate surface area is 104 Å². The summed E-state index contributed by atoms with van der Waals surface area (Å²) < 4.78 is 5.00. The Morgan fingerprint density at radius 3 is 2.50 bits per heavy atom. The van der Waals surface area contributed by atoms with Crippen LogP contribution in [0.1, 0.15) is 27.2 Å². The van der Waals surface area contributed by atoms with Gasteiger partial charge in [-0.1, -0.05) is 5.16 Å². The molecule has 0 atom stereocenters. The van der Waals surface area contributed by atoms with Crippen molar-refractivity contribution in [3.63, 3.8) is 0 Å². The first-order chi connectivity index (χ1) is 8.61. The number of nitriles is 1. The average Bonchev–Trinajstić information content (AvgIpc) is 2.71. The van der Waals surface area contributed by atoms with Gasteiger partial charge in [0.2, 0.25) is 5.88 Å². The van der Waals surface area contributed by atoms with Gasteiger partial charge in [0, 0.05) is 11.1 Å². The summed E-state index contributed by atoms with van der Waals surface area (Å²) in [4.78, 5) is 11.9. The molecule has 1 amide bonds. The lowest BCUT2D eigenvalue weighted by molar-refractivity contribution is 0.102. The molecule has 0 radical (unpaired) electrons. The SMILES string of the molecule is Cc1noc(NC(=O)c2ccc(C#N)cc2)c1C. The first-order valence-corrected chi connectivity index (χ1v) is 5.36. The molecule has 0 fully saturated rings. The molecular weight excluding hydrogens is 230 g/mol. The number of hydrogen-bond acceptors (Lipinski definition) is 4. The highest BCUT2D eigenvalue weighted by Crippen LogP contribution is 2.18. The van der Waals surface area contributed by atoms with Crippen molar-refractivity contribution >= 4 is 11.8 Å². The molecule has 0 saturated carbocycles. The van der Waals surface area contributed by atoms with Gasteiger partial charge in [-0.25, -0.2) is 0 Å². The van der Waals surface area contributed by atoms with E-state index in [1.165, 1.54) is 0 Å². The van der Waals surface area contributed by atoms with E-state index in [0.717, 1.165) is 11.3 Å². The zero-order chi connectivity index (χ0) is 13.1. The summed E-state index contributed by atoms with van der Waals surface area (Å²) in [5, 5.41) is 15.1. The predicted molar refractivity (Wildman–Crippen MR) is 65.1 cm³/mol. The third-order valence-corrected chi connectivity index (χ3v) is 2.66. The molecule has 2 rings (SSSR count). The van der Waals surface area contributed by atoms with E-state index in [9.17, 15) is 4.79 Å². The van der Waals surface area contributed by atoms with E-state index in [1.54, 1.807) is 31.2 Å². The van der Waals surface area contributed by atoms with Gasteiger partial charge in [0.05, 0.1) is 17.3 Å². The summed E-state index contributed by atoms with van der Waals surface area (Å²) in [7, 11) is 0. The van der Waals surface area contributed by atoms with Crippen molar-refractivity contribution in [3.05, 3.63) is 46.6 Å². The molecule has 0 bridgehead atoms. The molecule has 18 heavy (non-hydrogen) atoms. The van der Waals surface area contributed by atoms with Crippen LogP contribution in [0.5, 0.6) is 0 Å². The van der Waals surface area contributed by atoms with Crippen LogP contribution in [0.25, 0.3) is 0 Å². The van der Waals surface area contributed by atoms with Crippen molar-refractivity contribution in [2.45, 2.75) is 13.8 Å². The molecule has 1 heterocycles. The Bertz CT molecular complexity index is 621. The molecule has 0 saturated heterocycles. The van der Waals surface area contributed by atoms with Crippen LogP contribution in [0, 0.1) is 25.2 Å². The molecule has 1 aromatic carbocycles. The highest BCUT2D eigenvalue weighted by atomic mass is 16.5. The highest BCUT2D eigenvalue weighted by Gasteiger charge is 2.12. The number of aromatic nitrogens is 1. The van der Waals surface area contributed by atoms with Crippen LogP contribution >= 0.6 is 0 Å².